The Hall–Kier alpha value is -5.68. The lowest BCUT2D eigenvalue weighted by molar-refractivity contribution is -0.384. The molecule has 1 N–H and O–H groups in total. The van der Waals surface area contributed by atoms with Gasteiger partial charge in [-0.3, -0.25) is 14.9 Å². The van der Waals surface area contributed by atoms with Crippen molar-refractivity contribution in [3.8, 4) is 0 Å². The van der Waals surface area contributed by atoms with Crippen molar-refractivity contribution in [3.63, 3.8) is 0 Å². The summed E-state index contributed by atoms with van der Waals surface area (Å²) in [5.41, 5.74) is 3.52. The smallest absolute Gasteiger partial charge is 0.270 e. The van der Waals surface area contributed by atoms with Gasteiger partial charge in [0, 0.05) is 18.2 Å². The molecule has 0 aliphatic rings. The van der Waals surface area contributed by atoms with Crippen LogP contribution in [-0.4, -0.2) is 33.8 Å². The molecular formula is C34H27N5O5S. The summed E-state index contributed by atoms with van der Waals surface area (Å²) < 4.78 is 30.6. The summed E-state index contributed by atoms with van der Waals surface area (Å²) in [6.45, 7) is 3.75. The lowest BCUT2D eigenvalue weighted by Crippen LogP contribution is -2.18. The number of para-hydroxylation sites is 2. The van der Waals surface area contributed by atoms with Crippen LogP contribution in [0.15, 0.2) is 119 Å². The van der Waals surface area contributed by atoms with E-state index >= 15 is 0 Å². The minimum Gasteiger partial charge on any atom is -0.307 e. The summed E-state index contributed by atoms with van der Waals surface area (Å²) in [6, 6.07) is 28.4. The summed E-state index contributed by atoms with van der Waals surface area (Å²) >= 11 is 0. The molecule has 2 heterocycles. The molecule has 0 saturated carbocycles. The molecule has 0 saturated heterocycles. The largest absolute Gasteiger partial charge is 0.307 e. The summed E-state index contributed by atoms with van der Waals surface area (Å²) in [6.07, 6.45) is 2.63. The maximum Gasteiger partial charge on any atom is 0.270 e. The van der Waals surface area contributed by atoms with E-state index in [1.54, 1.807) is 41.0 Å². The Balaban J connectivity index is 1.59. The first-order chi connectivity index (χ1) is 21.6. The molecule has 0 aliphatic heterocycles. The van der Waals surface area contributed by atoms with Crippen molar-refractivity contribution in [3.05, 3.63) is 136 Å². The third kappa shape index (κ3) is 5.68. The highest BCUT2D eigenvalue weighted by Gasteiger charge is 2.34. The number of benzene rings is 4. The number of aryl methyl sites for hydroxylation is 1. The van der Waals surface area contributed by atoms with E-state index in [9.17, 15) is 23.3 Å². The molecule has 6 aromatic rings. The lowest BCUT2D eigenvalue weighted by atomic mass is 10.1. The SMILES string of the molecule is Cc1ccc(S(=O)(=O)c2c(NC(=O)/C=C/c3cccc([N+](=O)[O-])c3)n(C(C)c3ccccc3)c3nc4ccccc4nc23)cc1. The van der Waals surface area contributed by atoms with Gasteiger partial charge in [0.1, 0.15) is 16.2 Å². The van der Waals surface area contributed by atoms with Crippen molar-refractivity contribution in [2.75, 3.05) is 5.32 Å². The number of carbonyl (C=O) groups is 1. The topological polar surface area (TPSA) is 137 Å². The number of anilines is 1. The molecule has 2 aromatic heterocycles. The van der Waals surface area contributed by atoms with Crippen molar-refractivity contribution in [2.24, 2.45) is 0 Å². The van der Waals surface area contributed by atoms with Crippen LogP contribution in [0.2, 0.25) is 0 Å². The van der Waals surface area contributed by atoms with Crippen LogP contribution in [0.5, 0.6) is 0 Å². The molecule has 4 aromatic carbocycles. The first-order valence-electron chi connectivity index (χ1n) is 14.0. The minimum atomic E-state index is -4.24. The fourth-order valence-electron chi connectivity index (χ4n) is 5.18. The zero-order valence-corrected chi connectivity index (χ0v) is 25.1. The van der Waals surface area contributed by atoms with Gasteiger partial charge in [-0.1, -0.05) is 72.3 Å². The van der Waals surface area contributed by atoms with Crippen LogP contribution in [0.25, 0.3) is 28.3 Å². The second-order valence-electron chi connectivity index (χ2n) is 10.5. The third-order valence-electron chi connectivity index (χ3n) is 7.47. The molecule has 0 aliphatic carbocycles. The van der Waals surface area contributed by atoms with Crippen LogP contribution < -0.4 is 5.32 Å². The summed E-state index contributed by atoms with van der Waals surface area (Å²) in [5, 5.41) is 14.0. The Morgan fingerprint density at radius 3 is 2.27 bits per heavy atom. The van der Waals surface area contributed by atoms with Crippen molar-refractivity contribution < 1.29 is 18.1 Å². The number of rotatable bonds is 8. The number of hydrogen-bond donors (Lipinski definition) is 1. The van der Waals surface area contributed by atoms with Crippen LogP contribution >= 0.6 is 0 Å². The van der Waals surface area contributed by atoms with Gasteiger partial charge in [-0.25, -0.2) is 18.4 Å². The average molecular weight is 618 g/mol. The summed E-state index contributed by atoms with van der Waals surface area (Å²) in [5.74, 6) is -0.637. The number of carbonyl (C=O) groups excluding carboxylic acids is 1. The van der Waals surface area contributed by atoms with Crippen LogP contribution in [0.1, 0.15) is 29.7 Å². The fourth-order valence-corrected chi connectivity index (χ4v) is 6.70. The van der Waals surface area contributed by atoms with Gasteiger partial charge >= 0.3 is 0 Å². The van der Waals surface area contributed by atoms with Gasteiger partial charge in [0.25, 0.3) is 5.69 Å². The van der Waals surface area contributed by atoms with Gasteiger partial charge in [0.2, 0.25) is 15.7 Å². The maximum absolute atomic E-state index is 14.4. The van der Waals surface area contributed by atoms with Gasteiger partial charge < -0.3 is 9.88 Å². The van der Waals surface area contributed by atoms with Gasteiger partial charge in [-0.15, -0.1) is 0 Å². The molecule has 0 bridgehead atoms. The number of nitrogens with one attached hydrogen (secondary N) is 1. The minimum absolute atomic E-state index is 0.00549. The second kappa shape index (κ2) is 11.8. The number of nitro benzene ring substituents is 1. The van der Waals surface area contributed by atoms with Crippen molar-refractivity contribution in [1.29, 1.82) is 0 Å². The van der Waals surface area contributed by atoms with E-state index in [1.165, 1.54) is 42.5 Å². The Morgan fingerprint density at radius 2 is 1.58 bits per heavy atom. The van der Waals surface area contributed by atoms with E-state index < -0.39 is 26.7 Å². The molecule has 1 unspecified atom stereocenters. The average Bonchev–Trinajstić information content (AvgIpc) is 3.35. The van der Waals surface area contributed by atoms with E-state index in [-0.39, 0.29) is 32.5 Å². The second-order valence-corrected chi connectivity index (χ2v) is 12.4. The molecule has 6 rings (SSSR count). The van der Waals surface area contributed by atoms with Crippen LogP contribution in [0.3, 0.4) is 0 Å². The predicted octanol–water partition coefficient (Wildman–Crippen LogP) is 6.90. The van der Waals surface area contributed by atoms with Crippen molar-refractivity contribution in [1.82, 2.24) is 14.5 Å². The summed E-state index contributed by atoms with van der Waals surface area (Å²) in [7, 11) is -4.24. The number of amides is 1. The lowest BCUT2D eigenvalue weighted by Gasteiger charge is -2.19. The Labute approximate surface area is 258 Å². The Kier molecular flexibility index (Phi) is 7.69. The Bertz CT molecular complexity index is 2230. The van der Waals surface area contributed by atoms with Gasteiger partial charge in [0.15, 0.2) is 5.65 Å². The highest BCUT2D eigenvalue weighted by Crippen LogP contribution is 2.40. The zero-order chi connectivity index (χ0) is 31.7. The number of sulfone groups is 1. The van der Waals surface area contributed by atoms with Gasteiger partial charge in [-0.05, 0) is 55.3 Å². The first-order valence-corrected chi connectivity index (χ1v) is 15.5. The molecule has 10 nitrogen and oxygen atoms in total. The molecule has 0 spiro atoms. The number of non-ortho nitro benzene ring substituents is 1. The van der Waals surface area contributed by atoms with Gasteiger partial charge in [0.05, 0.1) is 26.9 Å². The monoisotopic (exact) mass is 617 g/mol. The van der Waals surface area contributed by atoms with E-state index in [1.807, 2.05) is 50.2 Å². The quantitative estimate of drug-likeness (QED) is 0.111. The van der Waals surface area contributed by atoms with E-state index in [4.69, 9.17) is 9.97 Å². The number of fused-ring (bicyclic) bond motifs is 2. The number of aromatic nitrogens is 3. The normalized spacial score (nSPS) is 12.5. The standard InChI is InChI=1S/C34H27N5O5S/c1-22-15-18-27(19-16-22)45(43,44)32-31-33(36-29-14-7-6-13-28(29)35-31)38(23(2)25-10-4-3-5-11-25)34(32)37-30(40)20-17-24-9-8-12-26(21-24)39(41)42/h3-21,23H,1-2H3,(H,37,40)/b20-17+. The van der Waals surface area contributed by atoms with E-state index in [2.05, 4.69) is 5.32 Å². The highest BCUT2D eigenvalue weighted by molar-refractivity contribution is 7.92. The van der Waals surface area contributed by atoms with Crippen molar-refractivity contribution >= 4 is 55.5 Å². The molecule has 45 heavy (non-hydrogen) atoms. The Morgan fingerprint density at radius 1 is 0.911 bits per heavy atom. The van der Waals surface area contributed by atoms with E-state index in [0.717, 1.165) is 11.1 Å². The molecule has 0 fully saturated rings. The van der Waals surface area contributed by atoms with Crippen LogP contribution in [0, 0.1) is 17.0 Å². The highest BCUT2D eigenvalue weighted by atomic mass is 32.2. The number of nitrogens with zero attached hydrogens (tertiary/aromatic N) is 4. The fraction of sp³-hybridized carbons (Fsp3) is 0.0882. The molecule has 1 atom stereocenters. The molecule has 0 radical (unpaired) electrons. The van der Waals surface area contributed by atoms with Crippen LogP contribution in [-0.2, 0) is 14.6 Å². The number of nitro groups is 1. The molecule has 224 valence electrons. The van der Waals surface area contributed by atoms with Crippen LogP contribution in [0.4, 0.5) is 11.5 Å². The summed E-state index contributed by atoms with van der Waals surface area (Å²) in [4.78, 5) is 33.7. The zero-order valence-electron chi connectivity index (χ0n) is 24.3. The van der Waals surface area contributed by atoms with E-state index in [0.29, 0.717) is 16.6 Å². The molecule has 1 amide bonds. The van der Waals surface area contributed by atoms with Gasteiger partial charge in [-0.2, -0.15) is 0 Å². The molecule has 11 heteroatoms. The first kappa shape index (κ1) is 29.4. The van der Waals surface area contributed by atoms with Crippen molar-refractivity contribution in [2.45, 2.75) is 29.7 Å². The third-order valence-corrected chi connectivity index (χ3v) is 9.29. The number of hydrogen-bond acceptors (Lipinski definition) is 7. The maximum atomic E-state index is 14.4. The predicted molar refractivity (Wildman–Crippen MR) is 173 cm³/mol. The molecular weight excluding hydrogens is 590 g/mol.